The Bertz CT molecular complexity index is 611. The average Bonchev–Trinajstić information content (AvgIpc) is 3.02. The number of nitrogens with one attached hydrogen (secondary N) is 1. The standard InChI is InChI=1S/C19H26N2O/c1-4-19-10-13-9-16(17(11-19)21(13)18(19)22)20-15-8-6-5-7-14(15)12(2)3/h5-8,12-13,16-17,20H,4,9-11H2,1-3H3/t13-,16+,17-,19?/m1/s1. The van der Waals surface area contributed by atoms with E-state index in [9.17, 15) is 4.79 Å². The average molecular weight is 298 g/mol. The molecule has 22 heavy (non-hydrogen) atoms. The molecule has 1 aromatic carbocycles. The van der Waals surface area contributed by atoms with Crippen LogP contribution in [0.15, 0.2) is 24.3 Å². The molecular formula is C19H26N2O. The molecule has 1 amide bonds. The zero-order valence-corrected chi connectivity index (χ0v) is 13.8. The maximum absolute atomic E-state index is 12.7. The molecule has 2 bridgehead atoms. The van der Waals surface area contributed by atoms with E-state index in [-0.39, 0.29) is 5.41 Å². The highest BCUT2D eigenvalue weighted by molar-refractivity contribution is 5.89. The van der Waals surface area contributed by atoms with Gasteiger partial charge in [-0.3, -0.25) is 4.79 Å². The van der Waals surface area contributed by atoms with Crippen LogP contribution >= 0.6 is 0 Å². The molecule has 3 aliphatic rings. The van der Waals surface area contributed by atoms with Gasteiger partial charge in [-0.2, -0.15) is 0 Å². The molecule has 1 aromatic rings. The van der Waals surface area contributed by atoms with Crippen molar-refractivity contribution in [2.75, 3.05) is 5.32 Å². The summed E-state index contributed by atoms with van der Waals surface area (Å²) < 4.78 is 0. The van der Waals surface area contributed by atoms with Gasteiger partial charge in [-0.25, -0.2) is 0 Å². The van der Waals surface area contributed by atoms with Crippen molar-refractivity contribution in [1.82, 2.24) is 4.90 Å². The lowest BCUT2D eigenvalue weighted by atomic mass is 9.79. The van der Waals surface area contributed by atoms with Gasteiger partial charge >= 0.3 is 0 Å². The number of piperidine rings is 1. The van der Waals surface area contributed by atoms with Crippen LogP contribution in [0, 0.1) is 5.41 Å². The van der Waals surface area contributed by atoms with Gasteiger partial charge in [0, 0.05) is 17.8 Å². The van der Waals surface area contributed by atoms with Crippen molar-refractivity contribution in [3.8, 4) is 0 Å². The number of fused-ring (bicyclic) bond motifs is 1. The molecule has 0 saturated carbocycles. The molecule has 3 aliphatic heterocycles. The van der Waals surface area contributed by atoms with Crippen molar-refractivity contribution in [3.63, 3.8) is 0 Å². The maximum atomic E-state index is 12.7. The smallest absolute Gasteiger partial charge is 0.229 e. The quantitative estimate of drug-likeness (QED) is 0.918. The van der Waals surface area contributed by atoms with Crippen LogP contribution in [-0.2, 0) is 4.79 Å². The lowest BCUT2D eigenvalue weighted by Gasteiger charge is -2.28. The lowest BCUT2D eigenvalue weighted by Crippen LogP contribution is -2.37. The van der Waals surface area contributed by atoms with E-state index >= 15 is 0 Å². The van der Waals surface area contributed by atoms with Gasteiger partial charge in [-0.1, -0.05) is 39.0 Å². The Kier molecular flexibility index (Phi) is 3.04. The molecule has 4 rings (SSSR count). The molecule has 3 saturated heterocycles. The summed E-state index contributed by atoms with van der Waals surface area (Å²) in [6, 6.07) is 9.94. The number of rotatable bonds is 4. The van der Waals surface area contributed by atoms with Crippen LogP contribution in [0.2, 0.25) is 0 Å². The number of amides is 1. The van der Waals surface area contributed by atoms with Crippen molar-refractivity contribution in [1.29, 1.82) is 0 Å². The molecule has 1 unspecified atom stereocenters. The third-order valence-corrected chi connectivity index (χ3v) is 6.26. The van der Waals surface area contributed by atoms with E-state index in [4.69, 9.17) is 0 Å². The van der Waals surface area contributed by atoms with Crippen molar-refractivity contribution < 1.29 is 4.79 Å². The number of hydrogen-bond acceptors (Lipinski definition) is 2. The summed E-state index contributed by atoms with van der Waals surface area (Å²) >= 11 is 0. The van der Waals surface area contributed by atoms with Crippen molar-refractivity contribution >= 4 is 11.6 Å². The van der Waals surface area contributed by atoms with E-state index in [2.05, 4.69) is 55.3 Å². The van der Waals surface area contributed by atoms with E-state index in [0.29, 0.717) is 30.0 Å². The second-order valence-corrected chi connectivity index (χ2v) is 7.70. The predicted molar refractivity (Wildman–Crippen MR) is 88.9 cm³/mol. The Morgan fingerprint density at radius 3 is 2.73 bits per heavy atom. The number of nitrogens with zero attached hydrogens (tertiary/aromatic N) is 1. The van der Waals surface area contributed by atoms with Crippen molar-refractivity contribution in [3.05, 3.63) is 29.8 Å². The van der Waals surface area contributed by atoms with Gasteiger partial charge in [0.1, 0.15) is 0 Å². The first-order chi connectivity index (χ1) is 10.6. The number of para-hydroxylation sites is 1. The van der Waals surface area contributed by atoms with Crippen LogP contribution in [-0.4, -0.2) is 28.9 Å². The van der Waals surface area contributed by atoms with Crippen LogP contribution in [0.1, 0.15) is 57.9 Å². The van der Waals surface area contributed by atoms with E-state index in [1.165, 1.54) is 11.3 Å². The molecule has 3 fully saturated rings. The van der Waals surface area contributed by atoms with Gasteiger partial charge < -0.3 is 10.2 Å². The first-order valence-corrected chi connectivity index (χ1v) is 8.74. The van der Waals surface area contributed by atoms with Gasteiger partial charge in [0.15, 0.2) is 0 Å². The van der Waals surface area contributed by atoms with E-state index in [1.54, 1.807) is 0 Å². The third kappa shape index (κ3) is 1.77. The van der Waals surface area contributed by atoms with Gasteiger partial charge in [0.05, 0.1) is 11.5 Å². The van der Waals surface area contributed by atoms with Crippen LogP contribution < -0.4 is 5.32 Å². The first-order valence-electron chi connectivity index (χ1n) is 8.74. The molecule has 0 aromatic heterocycles. The highest BCUT2D eigenvalue weighted by atomic mass is 16.2. The summed E-state index contributed by atoms with van der Waals surface area (Å²) in [7, 11) is 0. The van der Waals surface area contributed by atoms with Crippen molar-refractivity contribution in [2.45, 2.75) is 70.5 Å². The summed E-state index contributed by atoms with van der Waals surface area (Å²) in [5.41, 5.74) is 2.61. The molecule has 4 atom stereocenters. The van der Waals surface area contributed by atoms with Crippen LogP contribution in [0.25, 0.3) is 0 Å². The minimum Gasteiger partial charge on any atom is -0.380 e. The Morgan fingerprint density at radius 1 is 1.32 bits per heavy atom. The molecular weight excluding hydrogens is 272 g/mol. The largest absolute Gasteiger partial charge is 0.380 e. The molecule has 0 radical (unpaired) electrons. The topological polar surface area (TPSA) is 32.3 Å². The molecule has 3 nitrogen and oxygen atoms in total. The summed E-state index contributed by atoms with van der Waals surface area (Å²) in [6.07, 6.45) is 4.26. The fourth-order valence-corrected chi connectivity index (χ4v) is 5.08. The predicted octanol–water partition coefficient (Wildman–Crippen LogP) is 3.76. The Labute approximate surface area is 133 Å². The summed E-state index contributed by atoms with van der Waals surface area (Å²) in [6.45, 7) is 6.66. The van der Waals surface area contributed by atoms with Gasteiger partial charge in [-0.05, 0) is 43.2 Å². The second kappa shape index (κ2) is 4.74. The summed E-state index contributed by atoms with van der Waals surface area (Å²) in [4.78, 5) is 14.9. The molecule has 0 spiro atoms. The number of hydrogen-bond donors (Lipinski definition) is 1. The normalized spacial score (nSPS) is 35.7. The van der Waals surface area contributed by atoms with Gasteiger partial charge in [-0.15, -0.1) is 0 Å². The SMILES string of the molecule is CCC12C[C@H]3C[C@H](Nc4ccccc4C(C)C)[C@@H](C1)N3C2=O. The number of carbonyl (C=O) groups excluding carboxylic acids is 1. The Hall–Kier alpha value is -1.51. The fraction of sp³-hybridized carbons (Fsp3) is 0.632. The highest BCUT2D eigenvalue weighted by Crippen LogP contribution is 2.56. The molecule has 118 valence electrons. The minimum absolute atomic E-state index is 0.0245. The van der Waals surface area contributed by atoms with Crippen LogP contribution in [0.4, 0.5) is 5.69 Å². The summed E-state index contributed by atoms with van der Waals surface area (Å²) in [5, 5.41) is 3.79. The fourth-order valence-electron chi connectivity index (χ4n) is 5.08. The number of anilines is 1. The monoisotopic (exact) mass is 298 g/mol. The van der Waals surface area contributed by atoms with Gasteiger partial charge in [0.2, 0.25) is 5.91 Å². The molecule has 3 heteroatoms. The lowest BCUT2D eigenvalue weighted by molar-refractivity contribution is -0.132. The van der Waals surface area contributed by atoms with Crippen LogP contribution in [0.3, 0.4) is 0 Å². The third-order valence-electron chi connectivity index (χ3n) is 6.26. The van der Waals surface area contributed by atoms with Crippen molar-refractivity contribution in [2.24, 2.45) is 5.41 Å². The minimum atomic E-state index is -0.0245. The van der Waals surface area contributed by atoms with Gasteiger partial charge in [0.25, 0.3) is 0 Å². The Morgan fingerprint density at radius 2 is 2.09 bits per heavy atom. The molecule has 3 heterocycles. The number of carbonyl (C=O) groups is 1. The molecule has 1 N–H and O–H groups in total. The Balaban J connectivity index is 1.59. The van der Waals surface area contributed by atoms with E-state index in [0.717, 1.165) is 25.7 Å². The summed E-state index contributed by atoms with van der Waals surface area (Å²) in [5.74, 6) is 0.952. The zero-order chi connectivity index (χ0) is 15.5. The second-order valence-electron chi connectivity index (χ2n) is 7.70. The van der Waals surface area contributed by atoms with E-state index in [1.807, 2.05) is 0 Å². The van der Waals surface area contributed by atoms with Crippen LogP contribution in [0.5, 0.6) is 0 Å². The zero-order valence-electron chi connectivity index (χ0n) is 13.8. The number of benzene rings is 1. The first kappa shape index (κ1) is 14.1. The van der Waals surface area contributed by atoms with E-state index < -0.39 is 0 Å². The highest BCUT2D eigenvalue weighted by Gasteiger charge is 2.64. The molecule has 0 aliphatic carbocycles. The maximum Gasteiger partial charge on any atom is 0.229 e.